The second kappa shape index (κ2) is 6.98. The second-order valence-electron chi connectivity index (χ2n) is 2.73. The second-order valence-corrected chi connectivity index (χ2v) is 5.94. The Morgan fingerprint density at radius 1 is 0.824 bits per heavy atom. The summed E-state index contributed by atoms with van der Waals surface area (Å²) in [5.74, 6) is 0. The first-order chi connectivity index (χ1) is 6.73. The molecule has 0 atom stereocenters. The zero-order chi connectivity index (χ0) is 11.7. The summed E-state index contributed by atoms with van der Waals surface area (Å²) in [6, 6.07) is 6.35. The molecule has 0 aliphatic carbocycles. The topological polar surface area (TPSA) is 114 Å². The van der Waals surface area contributed by atoms with E-state index in [0.717, 1.165) is 12.1 Å². The van der Waals surface area contributed by atoms with Gasteiger partial charge in [0.2, 0.25) is 0 Å². The molecule has 84 valence electrons. The Morgan fingerprint density at radius 3 is 1.47 bits per heavy atom. The van der Waals surface area contributed by atoms with Gasteiger partial charge in [0, 0.05) is 0 Å². The molecule has 0 saturated carbocycles. The van der Waals surface area contributed by atoms with Crippen LogP contribution in [0.1, 0.15) is 10.1 Å². The maximum atomic E-state index is 10.6. The summed E-state index contributed by atoms with van der Waals surface area (Å²) in [5, 5.41) is 0. The summed E-state index contributed by atoms with van der Waals surface area (Å²) >= 11 is 0. The van der Waals surface area contributed by atoms with E-state index in [1.807, 2.05) is 0 Å². The van der Waals surface area contributed by atoms with Crippen LogP contribution in [-0.4, -0.2) is 25.9 Å². The first-order valence-electron chi connectivity index (χ1n) is 3.67. The third kappa shape index (κ3) is 5.60. The molecule has 0 aliphatic heterocycles. The van der Waals surface area contributed by atoms with Crippen molar-refractivity contribution < 1.29 is 63.7 Å². The number of hydrogen-bond acceptors (Lipinski definition) is 6. The van der Waals surface area contributed by atoms with Crippen molar-refractivity contribution in [3.8, 4) is 0 Å². The molecule has 6 nitrogen and oxygen atoms in total. The van der Waals surface area contributed by atoms with E-state index >= 15 is 0 Å². The van der Waals surface area contributed by atoms with Gasteiger partial charge in [-0.3, -0.25) is 0 Å². The fourth-order valence-corrected chi connectivity index (χ4v) is 3.22. The molecule has 0 bridgehead atoms. The minimum atomic E-state index is -5.23. The Morgan fingerprint density at radius 2 is 1.18 bits per heavy atom. The summed E-state index contributed by atoms with van der Waals surface area (Å²) < 4.78 is 61.3. The van der Waals surface area contributed by atoms with E-state index in [-0.39, 0.29) is 43.3 Å². The minimum absolute atomic E-state index is 0. The van der Waals surface area contributed by atoms with E-state index in [4.69, 9.17) is 0 Å². The van der Waals surface area contributed by atoms with E-state index in [9.17, 15) is 25.9 Å². The number of hydrogen-bond donors (Lipinski definition) is 0. The van der Waals surface area contributed by atoms with Crippen LogP contribution in [0.2, 0.25) is 0 Å². The normalized spacial score (nSPS) is 11.5. The molecule has 0 radical (unpaired) electrons. The van der Waals surface area contributed by atoms with Gasteiger partial charge >= 0.3 is 37.7 Å². The molecule has 1 rings (SSSR count). The fraction of sp³-hybridized carbons (Fsp3) is 0.143. The smallest absolute Gasteiger partial charge is 0.747 e. The van der Waals surface area contributed by atoms with Crippen molar-refractivity contribution in [1.82, 2.24) is 0 Å². The van der Waals surface area contributed by atoms with Crippen LogP contribution >= 0.6 is 0 Å². The molecular weight excluding hydrogens is 258 g/mol. The Bertz CT molecular complexity index is 507. The Balaban J connectivity index is 0. The van der Waals surface area contributed by atoms with Crippen molar-refractivity contribution >= 4 is 20.2 Å². The van der Waals surface area contributed by atoms with Crippen LogP contribution in [0.25, 0.3) is 0 Å². The predicted octanol–water partition coefficient (Wildman–Crippen LogP) is -6.22. The maximum Gasteiger partial charge on any atom is 1.00 e. The van der Waals surface area contributed by atoms with Crippen LogP contribution in [0.5, 0.6) is 0 Å². The Labute approximate surface area is 124 Å². The number of benzene rings is 1. The third-order valence-electron chi connectivity index (χ3n) is 1.60. The summed E-state index contributed by atoms with van der Waals surface area (Å²) in [6.45, 7) is 0. The molecule has 0 saturated heterocycles. The van der Waals surface area contributed by atoms with E-state index in [1.165, 1.54) is 18.2 Å². The van der Waals surface area contributed by atoms with Gasteiger partial charge in [-0.15, -0.1) is 0 Å². The summed E-state index contributed by atoms with van der Waals surface area (Å²) in [7, 11) is -10.5. The predicted molar refractivity (Wildman–Crippen MR) is 48.6 cm³/mol. The molecule has 0 N–H and O–H groups in total. The maximum absolute atomic E-state index is 10.6. The molecule has 1 aromatic rings. The van der Waals surface area contributed by atoms with Crippen molar-refractivity contribution in [1.29, 1.82) is 0 Å². The van der Waals surface area contributed by atoms with Crippen molar-refractivity contribution in [3.63, 3.8) is 0 Å². The molecular formula is C7H6Li2O6S2. The first-order valence-corrected chi connectivity index (χ1v) is 6.61. The molecule has 0 spiro atoms. The number of rotatable bonds is 3. The van der Waals surface area contributed by atoms with Crippen molar-refractivity contribution in [2.24, 2.45) is 0 Å². The van der Waals surface area contributed by atoms with Crippen molar-refractivity contribution in [2.75, 3.05) is 0 Å². The van der Waals surface area contributed by atoms with Crippen molar-refractivity contribution in [3.05, 3.63) is 35.9 Å². The molecule has 0 unspecified atom stereocenters. The van der Waals surface area contributed by atoms with Gasteiger partial charge in [-0.05, 0) is 5.56 Å². The molecule has 0 amide bonds. The Kier molecular flexibility index (Phi) is 8.04. The molecule has 10 heteroatoms. The van der Waals surface area contributed by atoms with Gasteiger partial charge in [-0.2, -0.15) is 0 Å². The molecule has 0 fully saturated rings. The van der Waals surface area contributed by atoms with Gasteiger partial charge in [0.15, 0.2) is 4.58 Å². The van der Waals surface area contributed by atoms with Crippen LogP contribution in [0.3, 0.4) is 0 Å². The van der Waals surface area contributed by atoms with E-state index in [2.05, 4.69) is 0 Å². The molecule has 1 aromatic carbocycles. The zero-order valence-corrected chi connectivity index (χ0v) is 10.9. The molecule has 0 aromatic heterocycles. The van der Waals surface area contributed by atoms with Crippen LogP contribution < -0.4 is 37.7 Å². The van der Waals surface area contributed by atoms with E-state index in [0.29, 0.717) is 0 Å². The summed E-state index contributed by atoms with van der Waals surface area (Å²) in [6.07, 6.45) is 0. The van der Waals surface area contributed by atoms with E-state index < -0.39 is 24.8 Å². The zero-order valence-electron chi connectivity index (χ0n) is 9.23. The summed E-state index contributed by atoms with van der Waals surface area (Å²) in [4.78, 5) is 0. The first kappa shape index (κ1) is 19.6. The third-order valence-corrected chi connectivity index (χ3v) is 4.60. The van der Waals surface area contributed by atoms with Gasteiger partial charge in [0.05, 0.1) is 0 Å². The Hall–Kier alpha value is 0.235. The van der Waals surface area contributed by atoms with Gasteiger partial charge in [-0.25, -0.2) is 16.8 Å². The SMILES string of the molecule is O=S(=O)([O-])C(c1ccccc1)S(=O)(=O)[O-].[Li+].[Li+]. The van der Waals surface area contributed by atoms with Crippen molar-refractivity contribution in [2.45, 2.75) is 4.58 Å². The summed E-state index contributed by atoms with van der Waals surface area (Å²) in [5.41, 5.74) is -0.345. The average molecular weight is 264 g/mol. The van der Waals surface area contributed by atoms with Gasteiger partial charge in [0.25, 0.3) is 0 Å². The van der Waals surface area contributed by atoms with Crippen LogP contribution in [-0.2, 0) is 20.2 Å². The average Bonchev–Trinajstić information content (AvgIpc) is 2.00. The van der Waals surface area contributed by atoms with Gasteiger partial charge < -0.3 is 9.11 Å². The largest absolute Gasteiger partial charge is 1.00 e. The quantitative estimate of drug-likeness (QED) is 0.396. The van der Waals surface area contributed by atoms with E-state index in [1.54, 1.807) is 0 Å². The van der Waals surface area contributed by atoms with Gasteiger partial charge in [-0.1, -0.05) is 30.3 Å². The minimum Gasteiger partial charge on any atom is -0.747 e. The monoisotopic (exact) mass is 264 g/mol. The molecule has 17 heavy (non-hydrogen) atoms. The fourth-order valence-electron chi connectivity index (χ4n) is 1.09. The van der Waals surface area contributed by atoms with Crippen LogP contribution in [0, 0.1) is 0 Å². The molecule has 0 aliphatic rings. The van der Waals surface area contributed by atoms with Crippen LogP contribution in [0.4, 0.5) is 0 Å². The molecule has 0 heterocycles. The van der Waals surface area contributed by atoms with Gasteiger partial charge in [0.1, 0.15) is 20.2 Å². The standard InChI is InChI=1S/C7H8O6S2.2Li/c8-14(9,10)7(15(11,12)13)6-4-2-1-3-5-6;;/h1-5,7H,(H,8,9,10)(H,11,12,13);;/q;2*+1/p-2. The van der Waals surface area contributed by atoms with Crippen LogP contribution in [0.15, 0.2) is 30.3 Å².